The molecule has 1 atom stereocenters. The first-order chi connectivity index (χ1) is 14.9. The number of hydrogen-bond donors (Lipinski definition) is 2. The van der Waals surface area contributed by atoms with Gasteiger partial charge in [-0.2, -0.15) is 0 Å². The summed E-state index contributed by atoms with van der Waals surface area (Å²) in [5.74, 6) is -0.370. The van der Waals surface area contributed by atoms with E-state index in [2.05, 4.69) is 20.8 Å². The van der Waals surface area contributed by atoms with E-state index in [0.29, 0.717) is 38.0 Å². The number of urea groups is 1. The monoisotopic (exact) mass is 495 g/mol. The summed E-state index contributed by atoms with van der Waals surface area (Å²) in [4.78, 5) is 27.0. The lowest BCUT2D eigenvalue weighted by molar-refractivity contribution is 0.102. The van der Waals surface area contributed by atoms with Gasteiger partial charge in [-0.05, 0) is 55.3 Å². The maximum atomic E-state index is 12.9. The SMILES string of the molecule is O=C(Nc1ccc(Cl)cc1)c1nnc([C@H]2CCCN2C(=O)Nc2cc(Cl)ccc2Cl)s1. The molecule has 1 saturated heterocycles. The summed E-state index contributed by atoms with van der Waals surface area (Å²) in [7, 11) is 0. The Balaban J connectivity index is 1.45. The van der Waals surface area contributed by atoms with Crippen molar-refractivity contribution in [2.45, 2.75) is 18.9 Å². The van der Waals surface area contributed by atoms with E-state index in [1.54, 1.807) is 47.4 Å². The lowest BCUT2D eigenvalue weighted by Crippen LogP contribution is -2.34. The van der Waals surface area contributed by atoms with Crippen molar-refractivity contribution in [3.8, 4) is 0 Å². The van der Waals surface area contributed by atoms with Crippen LogP contribution in [0.3, 0.4) is 0 Å². The van der Waals surface area contributed by atoms with Crippen molar-refractivity contribution >= 4 is 69.5 Å². The van der Waals surface area contributed by atoms with Crippen LogP contribution in [0.15, 0.2) is 42.5 Å². The molecule has 31 heavy (non-hydrogen) atoms. The van der Waals surface area contributed by atoms with Gasteiger partial charge in [-0.25, -0.2) is 4.79 Å². The molecule has 1 aliphatic rings. The molecule has 7 nitrogen and oxygen atoms in total. The highest BCUT2D eigenvalue weighted by Crippen LogP contribution is 2.35. The first kappa shape index (κ1) is 21.8. The first-order valence-corrected chi connectivity index (χ1v) is 11.3. The fourth-order valence-electron chi connectivity index (χ4n) is 3.23. The molecule has 1 aliphatic heterocycles. The van der Waals surface area contributed by atoms with Crippen molar-refractivity contribution in [1.29, 1.82) is 0 Å². The van der Waals surface area contributed by atoms with Crippen molar-refractivity contribution in [2.24, 2.45) is 0 Å². The van der Waals surface area contributed by atoms with Crippen LogP contribution in [0.4, 0.5) is 16.2 Å². The van der Waals surface area contributed by atoms with E-state index in [4.69, 9.17) is 34.8 Å². The van der Waals surface area contributed by atoms with Gasteiger partial charge in [0.05, 0.1) is 16.8 Å². The molecule has 4 rings (SSSR count). The molecule has 160 valence electrons. The molecule has 1 fully saturated rings. The Kier molecular flexibility index (Phi) is 6.62. The Morgan fingerprint density at radius 2 is 1.74 bits per heavy atom. The molecule has 0 bridgehead atoms. The summed E-state index contributed by atoms with van der Waals surface area (Å²) in [6, 6.07) is 11.1. The largest absolute Gasteiger partial charge is 0.322 e. The molecular weight excluding hydrogens is 481 g/mol. The highest BCUT2D eigenvalue weighted by Gasteiger charge is 2.33. The number of nitrogens with zero attached hydrogens (tertiary/aromatic N) is 3. The van der Waals surface area contributed by atoms with E-state index < -0.39 is 0 Å². The Morgan fingerprint density at radius 3 is 2.52 bits per heavy atom. The first-order valence-electron chi connectivity index (χ1n) is 9.34. The molecule has 2 heterocycles. The van der Waals surface area contributed by atoms with Gasteiger partial charge in [0.25, 0.3) is 5.91 Å². The van der Waals surface area contributed by atoms with Crippen molar-refractivity contribution in [3.05, 3.63) is 67.5 Å². The number of nitrogens with one attached hydrogen (secondary N) is 2. The third kappa shape index (κ3) is 5.10. The second-order valence-electron chi connectivity index (χ2n) is 6.81. The molecule has 0 unspecified atom stereocenters. The zero-order chi connectivity index (χ0) is 22.0. The number of amides is 3. The van der Waals surface area contributed by atoms with Crippen LogP contribution in [0, 0.1) is 0 Å². The Hall–Kier alpha value is -2.39. The number of hydrogen-bond acceptors (Lipinski definition) is 5. The topological polar surface area (TPSA) is 87.2 Å². The van der Waals surface area contributed by atoms with Crippen LogP contribution in [0.5, 0.6) is 0 Å². The molecule has 2 N–H and O–H groups in total. The van der Waals surface area contributed by atoms with E-state index >= 15 is 0 Å². The molecule has 2 aromatic carbocycles. The average molecular weight is 497 g/mol. The van der Waals surface area contributed by atoms with Crippen LogP contribution in [-0.2, 0) is 0 Å². The Morgan fingerprint density at radius 1 is 1.00 bits per heavy atom. The van der Waals surface area contributed by atoms with Gasteiger partial charge in [-0.15, -0.1) is 10.2 Å². The van der Waals surface area contributed by atoms with Gasteiger partial charge in [0, 0.05) is 22.3 Å². The predicted octanol–water partition coefficient (Wildman–Crippen LogP) is 6.12. The lowest BCUT2D eigenvalue weighted by atomic mass is 10.2. The number of halogens is 3. The van der Waals surface area contributed by atoms with E-state index in [9.17, 15) is 9.59 Å². The molecule has 0 radical (unpaired) electrons. The quantitative estimate of drug-likeness (QED) is 0.455. The van der Waals surface area contributed by atoms with E-state index in [-0.39, 0.29) is 23.0 Å². The van der Waals surface area contributed by atoms with Crippen LogP contribution < -0.4 is 10.6 Å². The summed E-state index contributed by atoms with van der Waals surface area (Å²) in [6.07, 6.45) is 1.54. The van der Waals surface area contributed by atoms with Crippen LogP contribution in [0.2, 0.25) is 15.1 Å². The fourth-order valence-corrected chi connectivity index (χ4v) is 4.57. The van der Waals surface area contributed by atoms with Crippen molar-refractivity contribution < 1.29 is 9.59 Å². The van der Waals surface area contributed by atoms with Crippen LogP contribution >= 0.6 is 46.1 Å². The van der Waals surface area contributed by atoms with Gasteiger partial charge >= 0.3 is 6.03 Å². The normalized spacial score (nSPS) is 15.7. The summed E-state index contributed by atoms with van der Waals surface area (Å²) in [6.45, 7) is 0.556. The highest BCUT2D eigenvalue weighted by atomic mass is 35.5. The summed E-state index contributed by atoms with van der Waals surface area (Å²) < 4.78 is 0. The van der Waals surface area contributed by atoms with E-state index in [0.717, 1.165) is 24.2 Å². The van der Waals surface area contributed by atoms with Gasteiger partial charge in [0.1, 0.15) is 5.01 Å². The van der Waals surface area contributed by atoms with E-state index in [1.807, 2.05) is 0 Å². The van der Waals surface area contributed by atoms with Gasteiger partial charge in [-0.3, -0.25) is 4.79 Å². The third-order valence-electron chi connectivity index (χ3n) is 4.71. The number of benzene rings is 2. The lowest BCUT2D eigenvalue weighted by Gasteiger charge is -2.23. The number of aromatic nitrogens is 2. The Bertz CT molecular complexity index is 1120. The number of carbonyl (C=O) groups excluding carboxylic acids is 2. The molecule has 0 spiro atoms. The molecule has 3 aromatic rings. The third-order valence-corrected chi connectivity index (χ3v) is 6.55. The maximum Gasteiger partial charge on any atom is 0.322 e. The summed E-state index contributed by atoms with van der Waals surface area (Å²) in [5, 5.41) is 16.0. The maximum absolute atomic E-state index is 12.9. The molecule has 3 amide bonds. The molecule has 0 aliphatic carbocycles. The number of anilines is 2. The minimum atomic E-state index is -0.370. The molecule has 11 heteroatoms. The Labute approximate surface area is 197 Å². The van der Waals surface area contributed by atoms with Gasteiger partial charge in [0.15, 0.2) is 0 Å². The summed E-state index contributed by atoms with van der Waals surface area (Å²) >= 11 is 19.2. The molecule has 0 saturated carbocycles. The summed E-state index contributed by atoms with van der Waals surface area (Å²) in [5.41, 5.74) is 1.04. The number of carbonyl (C=O) groups is 2. The minimum Gasteiger partial charge on any atom is -0.320 e. The van der Waals surface area contributed by atoms with Crippen LogP contribution in [-0.4, -0.2) is 33.6 Å². The second kappa shape index (κ2) is 9.40. The minimum absolute atomic E-state index is 0.218. The predicted molar refractivity (Wildman–Crippen MR) is 123 cm³/mol. The zero-order valence-electron chi connectivity index (χ0n) is 15.9. The van der Waals surface area contributed by atoms with Crippen molar-refractivity contribution in [1.82, 2.24) is 15.1 Å². The van der Waals surface area contributed by atoms with Crippen LogP contribution in [0.1, 0.15) is 33.7 Å². The smallest absolute Gasteiger partial charge is 0.320 e. The second-order valence-corrected chi connectivity index (χ2v) is 9.10. The number of likely N-dealkylation sites (tertiary alicyclic amines) is 1. The van der Waals surface area contributed by atoms with Gasteiger partial charge < -0.3 is 15.5 Å². The molecular formula is C20H16Cl3N5O2S. The number of rotatable bonds is 4. The highest BCUT2D eigenvalue weighted by molar-refractivity contribution is 7.13. The van der Waals surface area contributed by atoms with Crippen LogP contribution in [0.25, 0.3) is 0 Å². The van der Waals surface area contributed by atoms with Gasteiger partial charge in [-0.1, -0.05) is 46.1 Å². The standard InChI is InChI=1S/C20H16Cl3N5O2S/c21-11-3-6-13(7-4-11)24-17(29)19-27-26-18(31-19)16-2-1-9-28(16)20(30)25-15-10-12(22)5-8-14(15)23/h3-8,10,16H,1-2,9H2,(H,24,29)(H,25,30)/t16-/m1/s1. The van der Waals surface area contributed by atoms with Crippen molar-refractivity contribution in [2.75, 3.05) is 17.2 Å². The molecule has 1 aromatic heterocycles. The van der Waals surface area contributed by atoms with Crippen molar-refractivity contribution in [3.63, 3.8) is 0 Å². The van der Waals surface area contributed by atoms with E-state index in [1.165, 1.54) is 0 Å². The fraction of sp³-hybridized carbons (Fsp3) is 0.200. The zero-order valence-corrected chi connectivity index (χ0v) is 19.0. The van der Waals surface area contributed by atoms with Gasteiger partial charge in [0.2, 0.25) is 5.01 Å². The average Bonchev–Trinajstić information content (AvgIpc) is 3.42.